The molecule has 0 atom stereocenters. The van der Waals surface area contributed by atoms with Crippen LogP contribution in [-0.2, 0) is 34.1 Å². The van der Waals surface area contributed by atoms with Gasteiger partial charge in [-0.15, -0.1) is 24.8 Å². The second kappa shape index (κ2) is 20.4. The number of hydrogen-bond donors (Lipinski definition) is 0. The van der Waals surface area contributed by atoms with Gasteiger partial charge in [-0.05, 0) is 0 Å². The van der Waals surface area contributed by atoms with Crippen LogP contribution in [0.15, 0.2) is 191 Å². The predicted octanol–water partition coefficient (Wildman–Crippen LogP) is 8.96. The first-order valence-electron chi connectivity index (χ1n) is 17.0. The molecule has 0 aromatic heterocycles. The third-order valence-electron chi connectivity index (χ3n) is 9.47. The van der Waals surface area contributed by atoms with Crippen LogP contribution in [0.1, 0.15) is 20.8 Å². The molecule has 275 valence electrons. The Morgan fingerprint density at radius 2 is 0.630 bits per heavy atom. The normalized spacial score (nSPS) is 13.2. The van der Waals surface area contributed by atoms with Crippen LogP contribution in [-0.4, -0.2) is 37.1 Å². The molecule has 0 spiro atoms. The van der Waals surface area contributed by atoms with Crippen LogP contribution in [0.2, 0.25) is 0 Å². The first-order valence-corrected chi connectivity index (χ1v) is 42.3. The van der Waals surface area contributed by atoms with Gasteiger partial charge in [-0.25, -0.2) is 0 Å². The predicted molar refractivity (Wildman–Crippen MR) is 238 cm³/mol. The van der Waals surface area contributed by atoms with Gasteiger partial charge >= 0.3 is 82.2 Å². The largest absolute Gasteiger partial charge is 0.312 e. The summed E-state index contributed by atoms with van der Waals surface area (Å²) in [7, 11) is -11.9. The fraction of sp³-hybridized carbons (Fsp3) is 0.0930. The van der Waals surface area contributed by atoms with Crippen LogP contribution in [0, 0.1) is 0 Å². The summed E-state index contributed by atoms with van der Waals surface area (Å²) in [5.41, 5.74) is 1.71. The van der Waals surface area contributed by atoms with Crippen molar-refractivity contribution < 1.29 is 34.1 Å². The van der Waals surface area contributed by atoms with E-state index in [1.165, 1.54) is 0 Å². The molecule has 0 amide bonds. The van der Waals surface area contributed by atoms with E-state index in [1.54, 1.807) is 5.57 Å². The molecule has 0 saturated carbocycles. The second-order valence-corrected chi connectivity index (χ2v) is 65.8. The molecule has 1 aliphatic rings. The van der Waals surface area contributed by atoms with E-state index in [9.17, 15) is 0 Å². The maximum Gasteiger partial charge on any atom is 0.161 e. The molecule has 0 radical (unpaired) electrons. The average molecular weight is 1110 g/mol. The number of rotatable bonds is 9. The zero-order chi connectivity index (χ0) is 36.8. The quantitative estimate of drug-likeness (QED) is 0.107. The summed E-state index contributed by atoms with van der Waals surface area (Å²) < 4.78 is 53.4. The van der Waals surface area contributed by atoms with E-state index in [1.807, 2.05) is 209 Å². The Morgan fingerprint density at radius 3 is 0.759 bits per heavy atom. The molecule has 0 saturated heterocycles. The summed E-state index contributed by atoms with van der Waals surface area (Å²) in [5, 5.41) is 1.80. The maximum absolute atomic E-state index is 16.6. The summed E-state index contributed by atoms with van der Waals surface area (Å²) >= 11 is 1.63. The molecule has 0 unspecified atom stereocenters. The van der Waals surface area contributed by atoms with Gasteiger partial charge in [0.25, 0.3) is 0 Å². The molecule has 1 heterocycles. The van der Waals surface area contributed by atoms with E-state index in [4.69, 9.17) is 0 Å². The first-order chi connectivity index (χ1) is 25.1. The monoisotopic (exact) mass is 1100 g/mol. The minimum atomic E-state index is -3.97. The maximum atomic E-state index is 16.6. The van der Waals surface area contributed by atoms with Crippen LogP contribution < -0.4 is 31.8 Å². The molecule has 0 aliphatic carbocycles. The van der Waals surface area contributed by atoms with E-state index in [-0.39, 0.29) is 41.8 Å². The number of hydrogen-bond acceptors (Lipinski definition) is 3. The Morgan fingerprint density at radius 1 is 0.426 bits per heavy atom. The molecule has 0 bridgehead atoms. The van der Waals surface area contributed by atoms with Crippen molar-refractivity contribution in [2.45, 2.75) is 25.9 Å². The topological polar surface area (TPSA) is 51.2 Å². The van der Waals surface area contributed by atoms with Crippen molar-refractivity contribution in [3.05, 3.63) is 191 Å². The van der Waals surface area contributed by atoms with Crippen molar-refractivity contribution in [2.75, 3.05) is 0 Å². The zero-order valence-corrected chi connectivity index (χ0v) is 42.1. The van der Waals surface area contributed by atoms with E-state index < -0.39 is 38.0 Å². The van der Waals surface area contributed by atoms with E-state index in [0.717, 1.165) is 0 Å². The molecular formula is C43H42Cl2O3P3Sb2Zr. The molecular weight excluding hydrogens is 1060 g/mol. The van der Waals surface area contributed by atoms with Gasteiger partial charge in [0, 0.05) is 31.8 Å². The van der Waals surface area contributed by atoms with Crippen molar-refractivity contribution in [3.63, 3.8) is 0 Å². The van der Waals surface area contributed by atoms with Gasteiger partial charge < -0.3 is 13.7 Å². The summed E-state index contributed by atoms with van der Waals surface area (Å²) in [4.78, 5) is 0. The molecule has 6 aromatic rings. The molecule has 0 fully saturated rings. The van der Waals surface area contributed by atoms with Gasteiger partial charge in [-0.2, -0.15) is 0 Å². The Labute approximate surface area is 356 Å². The first kappa shape index (κ1) is 45.4. The second-order valence-electron chi connectivity index (χ2n) is 12.5. The number of benzene rings is 6. The molecule has 11 heteroatoms. The van der Waals surface area contributed by atoms with Gasteiger partial charge in [0.1, 0.15) is 5.14 Å². The van der Waals surface area contributed by atoms with Crippen LogP contribution in [0.3, 0.4) is 0 Å². The van der Waals surface area contributed by atoms with Crippen molar-refractivity contribution in [1.82, 2.24) is 0 Å². The van der Waals surface area contributed by atoms with Crippen molar-refractivity contribution in [2.24, 2.45) is 0 Å². The Bertz CT molecular complexity index is 1970. The van der Waals surface area contributed by atoms with Crippen molar-refractivity contribution in [3.8, 4) is 0 Å². The van der Waals surface area contributed by atoms with Gasteiger partial charge in [-0.1, -0.05) is 182 Å². The van der Waals surface area contributed by atoms with Crippen LogP contribution in [0.5, 0.6) is 0 Å². The third kappa shape index (κ3) is 9.20. The van der Waals surface area contributed by atoms with Crippen LogP contribution >= 0.6 is 46.2 Å². The van der Waals surface area contributed by atoms with Crippen molar-refractivity contribution >= 4 is 110 Å². The number of allylic oxidation sites excluding steroid dienone is 2. The van der Waals surface area contributed by atoms with Crippen molar-refractivity contribution in [1.29, 1.82) is 0 Å². The van der Waals surface area contributed by atoms with Gasteiger partial charge in [-0.3, -0.25) is 0 Å². The SMILES string of the molecule is C[C]1=[Sb][Sb]([Zr])[C](C)=C1C.Cl.Cl.O=P(c1ccccc1)(c1ccccc1)C(P(=O)(c1ccccc1)c1ccccc1)P(=O)(c1ccccc1)c1ccccc1. The fourth-order valence-corrected chi connectivity index (χ4v) is 61.1. The summed E-state index contributed by atoms with van der Waals surface area (Å²) in [6.07, 6.45) is 0. The van der Waals surface area contributed by atoms with Gasteiger partial charge in [0.2, 0.25) is 0 Å². The fourth-order valence-electron chi connectivity index (χ4n) is 6.55. The van der Waals surface area contributed by atoms with Gasteiger partial charge in [0.05, 0.1) is 0 Å². The average Bonchev–Trinajstić information content (AvgIpc) is 3.44. The molecule has 0 N–H and O–H groups in total. The molecule has 54 heavy (non-hydrogen) atoms. The summed E-state index contributed by atoms with van der Waals surface area (Å²) in [6.45, 7) is 7.08. The third-order valence-corrected chi connectivity index (χ3v) is 60.7. The summed E-state index contributed by atoms with van der Waals surface area (Å²) in [5.74, 6) is 0. The standard InChI is InChI=1S/C37H31O3P3.C6H9.2ClH.2Sb.Zr/c38-41(31-19-7-1-8-20-31,32-21-9-2-10-22-32)37(42(39,33-23-11-3-12-24-33)34-25-13-4-14-26-34)43(40,35-27-15-5-16-28-35)36-29-17-6-18-30-36;1-4-6(3)5-2;;;;;/h1-30,37H;1-3H3;2*1H;;;. The van der Waals surface area contributed by atoms with Gasteiger partial charge in [0.15, 0.2) is 21.4 Å². The number of halogens is 2. The molecule has 7 rings (SSSR count). The smallest absolute Gasteiger partial charge is 0.161 e. The minimum Gasteiger partial charge on any atom is -0.312 e. The van der Waals surface area contributed by atoms with E-state index in [0.29, 0.717) is 31.8 Å². The molecule has 6 aromatic carbocycles. The Hall–Kier alpha value is -1.28. The van der Waals surface area contributed by atoms with E-state index >= 15 is 13.7 Å². The van der Waals surface area contributed by atoms with Crippen LogP contribution in [0.25, 0.3) is 0 Å². The molecule has 3 nitrogen and oxygen atoms in total. The Kier molecular flexibility index (Phi) is 17.2. The minimum absolute atomic E-state index is 0. The zero-order valence-electron chi connectivity index (χ0n) is 30.2. The molecule has 1 aliphatic heterocycles. The Balaban J connectivity index is 0.000000520. The van der Waals surface area contributed by atoms with Crippen LogP contribution in [0.4, 0.5) is 0 Å². The van der Waals surface area contributed by atoms with E-state index in [2.05, 4.69) is 20.8 Å². The summed E-state index contributed by atoms with van der Waals surface area (Å²) in [6, 6.07) is 55.2.